The molecule has 1 aliphatic heterocycles. The molecule has 0 N–H and O–H groups in total. The van der Waals surface area contributed by atoms with Crippen molar-refractivity contribution >= 4 is 34.3 Å². The van der Waals surface area contributed by atoms with Crippen LogP contribution in [0.25, 0.3) is 0 Å². The van der Waals surface area contributed by atoms with Gasteiger partial charge in [-0.1, -0.05) is 30.3 Å². The first-order valence-corrected chi connectivity index (χ1v) is 8.31. The number of hydrogen-bond acceptors (Lipinski definition) is 4. The fourth-order valence-electron chi connectivity index (χ4n) is 2.86. The molecule has 0 amide bonds. The number of methoxy groups -OCH3 is 1. The highest BCUT2D eigenvalue weighted by Crippen LogP contribution is 2.23. The van der Waals surface area contributed by atoms with Crippen LogP contribution in [0.1, 0.15) is 29.6 Å². The maximum absolute atomic E-state index is 12.7. The van der Waals surface area contributed by atoms with E-state index in [1.165, 1.54) is 0 Å². The number of carbonyl (C=O) groups is 1. The molecule has 0 spiro atoms. The fourth-order valence-corrected chi connectivity index (χ4v) is 2.86. The van der Waals surface area contributed by atoms with E-state index in [1.54, 1.807) is 7.11 Å². The van der Waals surface area contributed by atoms with E-state index in [1.807, 2.05) is 59.5 Å². The van der Waals surface area contributed by atoms with Gasteiger partial charge in [0.25, 0.3) is 0 Å². The SMILES string of the molecule is Br.COc1ccc(N(CC(=O)c2ccccc2)C2=NCCCC2)cc1. The van der Waals surface area contributed by atoms with Crippen LogP contribution in [0.2, 0.25) is 0 Å². The number of aliphatic imine (C=N–C) groups is 1. The maximum atomic E-state index is 12.7. The first-order chi connectivity index (χ1) is 11.8. The van der Waals surface area contributed by atoms with Gasteiger partial charge in [0.2, 0.25) is 0 Å². The number of amidine groups is 1. The van der Waals surface area contributed by atoms with Crippen LogP contribution < -0.4 is 9.64 Å². The summed E-state index contributed by atoms with van der Waals surface area (Å²) in [5, 5.41) is 0. The normalized spacial score (nSPS) is 13.4. The van der Waals surface area contributed by atoms with Crippen LogP contribution in [0.5, 0.6) is 5.75 Å². The van der Waals surface area contributed by atoms with Gasteiger partial charge in [0.1, 0.15) is 11.6 Å². The summed E-state index contributed by atoms with van der Waals surface area (Å²) in [5.74, 6) is 1.90. The molecule has 0 saturated carbocycles. The second-order valence-electron chi connectivity index (χ2n) is 5.83. The van der Waals surface area contributed by atoms with E-state index in [0.717, 1.165) is 48.6 Å². The molecule has 0 aliphatic carbocycles. The standard InChI is InChI=1S/C20H22N2O2.BrH/c1-24-18-12-10-17(11-13-18)22(20-9-5-6-14-21-20)15-19(23)16-7-3-2-4-8-16;/h2-4,7-8,10-13H,5-6,9,14-15H2,1H3;1H. The number of nitrogens with zero attached hydrogens (tertiary/aromatic N) is 2. The number of anilines is 1. The molecule has 5 heteroatoms. The summed E-state index contributed by atoms with van der Waals surface area (Å²) >= 11 is 0. The minimum atomic E-state index is 0. The molecule has 0 aromatic heterocycles. The zero-order valence-electron chi connectivity index (χ0n) is 14.4. The quantitative estimate of drug-likeness (QED) is 0.689. The molecule has 0 atom stereocenters. The summed E-state index contributed by atoms with van der Waals surface area (Å²) in [6, 6.07) is 17.2. The lowest BCUT2D eigenvalue weighted by atomic mass is 10.1. The molecule has 0 saturated heterocycles. The second kappa shape index (κ2) is 9.37. The van der Waals surface area contributed by atoms with E-state index < -0.39 is 0 Å². The summed E-state index contributed by atoms with van der Waals surface area (Å²) in [6.07, 6.45) is 3.14. The molecule has 0 unspecified atom stereocenters. The maximum Gasteiger partial charge on any atom is 0.182 e. The van der Waals surface area contributed by atoms with E-state index in [4.69, 9.17) is 4.74 Å². The predicted molar refractivity (Wildman–Crippen MR) is 108 cm³/mol. The third-order valence-electron chi connectivity index (χ3n) is 4.20. The van der Waals surface area contributed by atoms with Gasteiger partial charge in [-0.05, 0) is 37.1 Å². The summed E-state index contributed by atoms with van der Waals surface area (Å²) in [6.45, 7) is 1.14. The number of benzene rings is 2. The van der Waals surface area contributed by atoms with E-state index in [0.29, 0.717) is 6.54 Å². The smallest absolute Gasteiger partial charge is 0.182 e. The van der Waals surface area contributed by atoms with E-state index >= 15 is 0 Å². The Morgan fingerprint density at radius 1 is 1.08 bits per heavy atom. The van der Waals surface area contributed by atoms with Gasteiger partial charge >= 0.3 is 0 Å². The zero-order valence-corrected chi connectivity index (χ0v) is 16.1. The van der Waals surface area contributed by atoms with Crippen molar-refractivity contribution in [3.05, 3.63) is 60.2 Å². The Bertz CT molecular complexity index is 714. The molecule has 1 aliphatic rings. The first-order valence-electron chi connectivity index (χ1n) is 8.31. The van der Waals surface area contributed by atoms with Gasteiger partial charge in [0.15, 0.2) is 5.78 Å². The highest BCUT2D eigenvalue weighted by Gasteiger charge is 2.19. The van der Waals surface area contributed by atoms with Crippen molar-refractivity contribution < 1.29 is 9.53 Å². The Balaban J connectivity index is 0.00000225. The van der Waals surface area contributed by atoms with Crippen LogP contribution >= 0.6 is 17.0 Å². The van der Waals surface area contributed by atoms with Crippen LogP contribution in [0.4, 0.5) is 5.69 Å². The number of carbonyl (C=O) groups excluding carboxylic acids is 1. The summed E-state index contributed by atoms with van der Waals surface area (Å²) in [4.78, 5) is 19.4. The fraction of sp³-hybridized carbons (Fsp3) is 0.300. The molecule has 1 heterocycles. The van der Waals surface area contributed by atoms with Gasteiger partial charge in [-0.3, -0.25) is 9.79 Å². The van der Waals surface area contributed by atoms with Gasteiger partial charge in [0, 0.05) is 24.2 Å². The van der Waals surface area contributed by atoms with E-state index in [9.17, 15) is 4.79 Å². The van der Waals surface area contributed by atoms with Gasteiger partial charge in [0.05, 0.1) is 13.7 Å². The van der Waals surface area contributed by atoms with E-state index in [2.05, 4.69) is 4.99 Å². The average molecular weight is 403 g/mol. The van der Waals surface area contributed by atoms with Gasteiger partial charge in [-0.25, -0.2) is 0 Å². The monoisotopic (exact) mass is 402 g/mol. The molecule has 25 heavy (non-hydrogen) atoms. The minimum absolute atomic E-state index is 0. The number of rotatable bonds is 5. The highest BCUT2D eigenvalue weighted by molar-refractivity contribution is 8.93. The van der Waals surface area contributed by atoms with Crippen LogP contribution in [0.15, 0.2) is 59.6 Å². The molecule has 3 rings (SSSR count). The molecule has 132 valence electrons. The molecular formula is C20H23BrN2O2. The molecule has 4 nitrogen and oxygen atoms in total. The summed E-state index contributed by atoms with van der Waals surface area (Å²) < 4.78 is 5.23. The third kappa shape index (κ3) is 4.92. The molecular weight excluding hydrogens is 380 g/mol. The van der Waals surface area contributed by atoms with Crippen molar-refractivity contribution in [1.29, 1.82) is 0 Å². The Hall–Kier alpha value is -2.14. The van der Waals surface area contributed by atoms with Crippen molar-refractivity contribution in [3.8, 4) is 5.75 Å². The van der Waals surface area contributed by atoms with Crippen LogP contribution in [-0.2, 0) is 0 Å². The summed E-state index contributed by atoms with van der Waals surface area (Å²) in [7, 11) is 1.65. The molecule has 2 aromatic carbocycles. The van der Waals surface area contributed by atoms with Crippen molar-refractivity contribution in [3.63, 3.8) is 0 Å². The Labute approximate surface area is 159 Å². The van der Waals surface area contributed by atoms with Crippen LogP contribution in [0, 0.1) is 0 Å². The number of ether oxygens (including phenoxy) is 1. The minimum Gasteiger partial charge on any atom is -0.497 e. The predicted octanol–water partition coefficient (Wildman–Crippen LogP) is 4.54. The van der Waals surface area contributed by atoms with Crippen molar-refractivity contribution in [1.82, 2.24) is 0 Å². The first kappa shape index (κ1) is 19.2. The second-order valence-corrected chi connectivity index (χ2v) is 5.83. The Kier molecular flexibility index (Phi) is 7.19. The lowest BCUT2D eigenvalue weighted by Gasteiger charge is -2.28. The number of ketones is 1. The number of hydrogen-bond donors (Lipinski definition) is 0. The molecule has 0 radical (unpaired) electrons. The lowest BCUT2D eigenvalue weighted by molar-refractivity contribution is 0.100. The zero-order chi connectivity index (χ0) is 16.8. The van der Waals surface area contributed by atoms with Crippen LogP contribution in [0.3, 0.4) is 0 Å². The molecule has 0 fully saturated rings. The van der Waals surface area contributed by atoms with Crippen molar-refractivity contribution in [2.45, 2.75) is 19.3 Å². The van der Waals surface area contributed by atoms with Crippen LogP contribution in [-0.4, -0.2) is 31.8 Å². The summed E-state index contributed by atoms with van der Waals surface area (Å²) in [5.41, 5.74) is 1.70. The highest BCUT2D eigenvalue weighted by atomic mass is 79.9. The van der Waals surface area contributed by atoms with Gasteiger partial charge in [-0.15, -0.1) is 17.0 Å². The third-order valence-corrected chi connectivity index (χ3v) is 4.20. The number of halogens is 1. The topological polar surface area (TPSA) is 41.9 Å². The molecule has 2 aromatic rings. The largest absolute Gasteiger partial charge is 0.497 e. The Morgan fingerprint density at radius 2 is 1.80 bits per heavy atom. The van der Waals surface area contributed by atoms with Gasteiger partial charge < -0.3 is 9.64 Å². The number of Topliss-reactive ketones (excluding diaryl/α,β-unsaturated/α-hetero) is 1. The lowest BCUT2D eigenvalue weighted by Crippen LogP contribution is -2.37. The van der Waals surface area contributed by atoms with Crippen molar-refractivity contribution in [2.75, 3.05) is 25.1 Å². The van der Waals surface area contributed by atoms with Crippen molar-refractivity contribution in [2.24, 2.45) is 4.99 Å². The Morgan fingerprint density at radius 3 is 2.40 bits per heavy atom. The van der Waals surface area contributed by atoms with Gasteiger partial charge in [-0.2, -0.15) is 0 Å². The van der Waals surface area contributed by atoms with E-state index in [-0.39, 0.29) is 22.8 Å². The molecule has 0 bridgehead atoms. The average Bonchev–Trinajstić information content (AvgIpc) is 2.67.